The maximum Gasteiger partial charge on any atom is 0.127 e. The predicted octanol–water partition coefficient (Wildman–Crippen LogP) is 2.96. The lowest BCUT2D eigenvalue weighted by Gasteiger charge is -2.06. The van der Waals surface area contributed by atoms with Crippen LogP contribution in [0.25, 0.3) is 0 Å². The lowest BCUT2D eigenvalue weighted by atomic mass is 10.1. The Hall–Kier alpha value is -0.890. The minimum Gasteiger partial charge on any atom is -0.310 e. The zero-order valence-electron chi connectivity index (χ0n) is 8.80. The number of rotatable bonds is 4. The van der Waals surface area contributed by atoms with E-state index in [1.807, 2.05) is 6.07 Å². The topological polar surface area (TPSA) is 12.0 Å². The van der Waals surface area contributed by atoms with E-state index in [-0.39, 0.29) is 5.82 Å². The number of hydrogen-bond acceptors (Lipinski definition) is 1. The Morgan fingerprint density at radius 1 is 1.20 bits per heavy atom. The Morgan fingerprint density at radius 2 is 2.00 bits per heavy atom. The SMILES string of the molecule is Fc1cc(C2CC2)ccc1CNC1CC1. The van der Waals surface area contributed by atoms with Crippen molar-refractivity contribution in [1.82, 2.24) is 5.32 Å². The van der Waals surface area contributed by atoms with Crippen LogP contribution in [0.15, 0.2) is 18.2 Å². The molecule has 2 saturated carbocycles. The Kier molecular flexibility index (Phi) is 2.24. The Bertz CT molecular complexity index is 367. The van der Waals surface area contributed by atoms with Gasteiger partial charge in [-0.2, -0.15) is 0 Å². The van der Waals surface area contributed by atoms with Gasteiger partial charge in [-0.05, 0) is 43.2 Å². The smallest absolute Gasteiger partial charge is 0.127 e. The Morgan fingerprint density at radius 3 is 2.60 bits per heavy atom. The zero-order chi connectivity index (χ0) is 10.3. The molecular weight excluding hydrogens is 189 g/mol. The molecule has 0 heterocycles. The second kappa shape index (κ2) is 3.60. The lowest BCUT2D eigenvalue weighted by Crippen LogP contribution is -2.16. The van der Waals surface area contributed by atoms with Crippen molar-refractivity contribution in [3.05, 3.63) is 35.1 Å². The van der Waals surface area contributed by atoms with E-state index < -0.39 is 0 Å². The van der Waals surface area contributed by atoms with Gasteiger partial charge in [0, 0.05) is 18.2 Å². The van der Waals surface area contributed by atoms with Crippen molar-refractivity contribution in [1.29, 1.82) is 0 Å². The van der Waals surface area contributed by atoms with Crippen LogP contribution in [0.4, 0.5) is 4.39 Å². The molecule has 2 fully saturated rings. The largest absolute Gasteiger partial charge is 0.310 e. The molecule has 1 nitrogen and oxygen atoms in total. The number of benzene rings is 1. The van der Waals surface area contributed by atoms with Crippen LogP contribution in [0.2, 0.25) is 0 Å². The van der Waals surface area contributed by atoms with Crippen LogP contribution >= 0.6 is 0 Å². The third-order valence-electron chi connectivity index (χ3n) is 3.28. The predicted molar refractivity (Wildman–Crippen MR) is 58.2 cm³/mol. The normalized spacial score (nSPS) is 20.6. The molecule has 2 heteroatoms. The minimum absolute atomic E-state index is 0.0347. The first kappa shape index (κ1) is 9.34. The fraction of sp³-hybridized carbons (Fsp3) is 0.538. The van der Waals surface area contributed by atoms with Gasteiger partial charge in [-0.15, -0.1) is 0 Å². The van der Waals surface area contributed by atoms with Crippen molar-refractivity contribution in [3.63, 3.8) is 0 Å². The molecule has 2 aliphatic rings. The van der Waals surface area contributed by atoms with Gasteiger partial charge in [0.05, 0.1) is 0 Å². The summed E-state index contributed by atoms with van der Waals surface area (Å²) in [6.07, 6.45) is 4.97. The second-order valence-electron chi connectivity index (χ2n) is 4.78. The Labute approximate surface area is 89.7 Å². The summed E-state index contributed by atoms with van der Waals surface area (Å²) in [7, 11) is 0. The highest BCUT2D eigenvalue weighted by molar-refractivity contribution is 5.29. The van der Waals surface area contributed by atoms with Crippen molar-refractivity contribution in [3.8, 4) is 0 Å². The van der Waals surface area contributed by atoms with Crippen molar-refractivity contribution >= 4 is 0 Å². The van der Waals surface area contributed by atoms with Crippen LogP contribution in [-0.4, -0.2) is 6.04 Å². The van der Waals surface area contributed by atoms with Crippen molar-refractivity contribution in [2.75, 3.05) is 0 Å². The van der Waals surface area contributed by atoms with Crippen molar-refractivity contribution in [2.45, 2.75) is 44.2 Å². The molecule has 1 aromatic rings. The summed E-state index contributed by atoms with van der Waals surface area (Å²) in [5.74, 6) is 0.609. The third-order valence-corrected chi connectivity index (χ3v) is 3.28. The molecular formula is C13H16FN. The Balaban J connectivity index is 1.70. The summed E-state index contributed by atoms with van der Waals surface area (Å²) in [6.45, 7) is 0.682. The molecule has 0 spiro atoms. The van der Waals surface area contributed by atoms with E-state index in [0.717, 1.165) is 5.56 Å². The number of halogens is 1. The zero-order valence-corrected chi connectivity index (χ0v) is 8.80. The van der Waals surface area contributed by atoms with Gasteiger partial charge in [-0.3, -0.25) is 0 Å². The van der Waals surface area contributed by atoms with E-state index in [1.165, 1.54) is 31.2 Å². The summed E-state index contributed by atoms with van der Waals surface area (Å²) in [4.78, 5) is 0. The van der Waals surface area contributed by atoms with Gasteiger partial charge in [-0.1, -0.05) is 12.1 Å². The summed E-state index contributed by atoms with van der Waals surface area (Å²) < 4.78 is 13.7. The third kappa shape index (κ3) is 2.20. The average molecular weight is 205 g/mol. The van der Waals surface area contributed by atoms with Crippen LogP contribution in [-0.2, 0) is 6.54 Å². The van der Waals surface area contributed by atoms with Gasteiger partial charge in [0.15, 0.2) is 0 Å². The van der Waals surface area contributed by atoms with Gasteiger partial charge >= 0.3 is 0 Å². The summed E-state index contributed by atoms with van der Waals surface area (Å²) in [5.41, 5.74) is 1.99. The first-order chi connectivity index (χ1) is 7.33. The molecule has 1 aromatic carbocycles. The molecule has 0 aromatic heterocycles. The molecule has 0 amide bonds. The molecule has 0 saturated heterocycles. The van der Waals surface area contributed by atoms with Gasteiger partial charge in [0.25, 0.3) is 0 Å². The van der Waals surface area contributed by atoms with E-state index in [4.69, 9.17) is 0 Å². The van der Waals surface area contributed by atoms with Crippen LogP contribution in [0.1, 0.15) is 42.7 Å². The van der Waals surface area contributed by atoms with E-state index in [1.54, 1.807) is 6.07 Å². The molecule has 1 N–H and O–H groups in total. The number of hydrogen-bond donors (Lipinski definition) is 1. The maximum absolute atomic E-state index is 13.7. The maximum atomic E-state index is 13.7. The summed E-state index contributed by atoms with van der Waals surface area (Å²) in [6, 6.07) is 6.40. The lowest BCUT2D eigenvalue weighted by molar-refractivity contribution is 0.585. The van der Waals surface area contributed by atoms with Crippen molar-refractivity contribution in [2.24, 2.45) is 0 Å². The molecule has 80 valence electrons. The quantitative estimate of drug-likeness (QED) is 0.796. The molecule has 0 aliphatic heterocycles. The fourth-order valence-electron chi connectivity index (χ4n) is 1.92. The monoisotopic (exact) mass is 205 g/mol. The van der Waals surface area contributed by atoms with Crippen molar-refractivity contribution < 1.29 is 4.39 Å². The molecule has 0 bridgehead atoms. The van der Waals surface area contributed by atoms with E-state index in [0.29, 0.717) is 18.5 Å². The first-order valence-electron chi connectivity index (χ1n) is 5.84. The van der Waals surface area contributed by atoms with Gasteiger partial charge < -0.3 is 5.32 Å². The molecule has 0 radical (unpaired) electrons. The molecule has 2 aliphatic carbocycles. The minimum atomic E-state index is -0.0347. The summed E-state index contributed by atoms with van der Waals surface area (Å²) in [5, 5.41) is 3.34. The van der Waals surface area contributed by atoms with E-state index in [2.05, 4.69) is 11.4 Å². The highest BCUT2D eigenvalue weighted by atomic mass is 19.1. The number of nitrogens with one attached hydrogen (secondary N) is 1. The van der Waals surface area contributed by atoms with Gasteiger partial charge in [-0.25, -0.2) is 4.39 Å². The van der Waals surface area contributed by atoms with Crippen LogP contribution in [0.3, 0.4) is 0 Å². The average Bonchev–Trinajstić information content (AvgIpc) is 3.09. The highest BCUT2D eigenvalue weighted by Crippen LogP contribution is 2.40. The molecule has 3 rings (SSSR count). The van der Waals surface area contributed by atoms with Gasteiger partial charge in [0.2, 0.25) is 0 Å². The molecule has 0 atom stereocenters. The van der Waals surface area contributed by atoms with E-state index >= 15 is 0 Å². The molecule has 15 heavy (non-hydrogen) atoms. The fourth-order valence-corrected chi connectivity index (χ4v) is 1.92. The standard InChI is InChI=1S/C13H16FN/c14-13-7-10(9-1-2-9)3-4-11(13)8-15-12-5-6-12/h3-4,7,9,12,15H,1-2,5-6,8H2. The van der Waals surface area contributed by atoms with E-state index in [9.17, 15) is 4.39 Å². The van der Waals surface area contributed by atoms with Gasteiger partial charge in [0.1, 0.15) is 5.82 Å². The first-order valence-corrected chi connectivity index (χ1v) is 5.84. The van der Waals surface area contributed by atoms with Crippen LogP contribution in [0.5, 0.6) is 0 Å². The van der Waals surface area contributed by atoms with Crippen LogP contribution < -0.4 is 5.32 Å². The van der Waals surface area contributed by atoms with Crippen LogP contribution in [0, 0.1) is 5.82 Å². The second-order valence-corrected chi connectivity index (χ2v) is 4.78. The molecule has 0 unspecified atom stereocenters. The summed E-state index contributed by atoms with van der Waals surface area (Å²) >= 11 is 0. The highest BCUT2D eigenvalue weighted by Gasteiger charge is 2.24.